The molecule has 0 unspecified atom stereocenters. The molecular formula is C14H13ClN2O2. The molecule has 4 nitrogen and oxygen atoms in total. The maximum Gasteiger partial charge on any atom is 0.231 e. The lowest BCUT2D eigenvalue weighted by atomic mass is 10.1. The van der Waals surface area contributed by atoms with Gasteiger partial charge in [0, 0.05) is 11.6 Å². The molecule has 0 aliphatic heterocycles. The smallest absolute Gasteiger partial charge is 0.231 e. The predicted octanol–water partition coefficient (Wildman–Crippen LogP) is 4.25. The lowest BCUT2D eigenvalue weighted by Gasteiger charge is -1.94. The topological polar surface area (TPSA) is 65.2 Å². The minimum Gasteiger partial charge on any atom is -0.466 e. The van der Waals surface area contributed by atoms with Crippen LogP contribution in [0.2, 0.25) is 5.02 Å². The van der Waals surface area contributed by atoms with Gasteiger partial charge in [0.15, 0.2) is 5.58 Å². The molecule has 0 spiro atoms. The van der Waals surface area contributed by atoms with Crippen molar-refractivity contribution in [1.29, 1.82) is 0 Å². The fraction of sp³-hybridized carbons (Fsp3) is 0.214. The first kappa shape index (κ1) is 12.1. The van der Waals surface area contributed by atoms with Crippen molar-refractivity contribution < 1.29 is 8.83 Å². The summed E-state index contributed by atoms with van der Waals surface area (Å²) < 4.78 is 11.3. The number of nitrogens with zero attached hydrogens (tertiary/aromatic N) is 1. The summed E-state index contributed by atoms with van der Waals surface area (Å²) in [5.74, 6) is 2.19. The van der Waals surface area contributed by atoms with E-state index in [2.05, 4.69) is 4.98 Å². The predicted molar refractivity (Wildman–Crippen MR) is 75.3 cm³/mol. The van der Waals surface area contributed by atoms with E-state index in [1.54, 1.807) is 12.1 Å². The van der Waals surface area contributed by atoms with Crippen LogP contribution in [0.5, 0.6) is 0 Å². The van der Waals surface area contributed by atoms with Gasteiger partial charge >= 0.3 is 0 Å². The Kier molecular flexibility index (Phi) is 2.57. The molecule has 1 aromatic carbocycles. The van der Waals surface area contributed by atoms with Crippen LogP contribution < -0.4 is 5.73 Å². The number of rotatable bonds is 1. The zero-order valence-corrected chi connectivity index (χ0v) is 11.6. The Morgan fingerprint density at radius 1 is 1.11 bits per heavy atom. The van der Waals surface area contributed by atoms with E-state index in [0.29, 0.717) is 27.7 Å². The summed E-state index contributed by atoms with van der Waals surface area (Å²) >= 11 is 5.98. The number of furan rings is 1. The summed E-state index contributed by atoms with van der Waals surface area (Å²) in [4.78, 5) is 4.45. The van der Waals surface area contributed by atoms with Crippen LogP contribution in [0.1, 0.15) is 17.1 Å². The molecule has 2 heterocycles. The number of oxazole rings is 1. The largest absolute Gasteiger partial charge is 0.466 e. The third-order valence-corrected chi connectivity index (χ3v) is 3.61. The van der Waals surface area contributed by atoms with Gasteiger partial charge in [-0.1, -0.05) is 11.6 Å². The zero-order chi connectivity index (χ0) is 13.7. The van der Waals surface area contributed by atoms with E-state index in [-0.39, 0.29) is 0 Å². The van der Waals surface area contributed by atoms with Crippen molar-refractivity contribution in [3.8, 4) is 11.5 Å². The standard InChI is InChI=1S/C14H13ClN2O2/c1-6-7(2)18-8(3)13(6)14-17-11-4-9(15)10(16)5-12(11)19-14/h4-5H,16H2,1-3H3. The summed E-state index contributed by atoms with van der Waals surface area (Å²) in [7, 11) is 0. The van der Waals surface area contributed by atoms with Crippen molar-refractivity contribution in [1.82, 2.24) is 4.98 Å². The number of nitrogen functional groups attached to an aromatic ring is 1. The molecule has 0 aliphatic rings. The van der Waals surface area contributed by atoms with Crippen molar-refractivity contribution in [2.75, 3.05) is 5.73 Å². The number of anilines is 1. The number of hydrogen-bond donors (Lipinski definition) is 1. The van der Waals surface area contributed by atoms with E-state index in [9.17, 15) is 0 Å². The molecule has 0 saturated heterocycles. The van der Waals surface area contributed by atoms with Gasteiger partial charge in [0.05, 0.1) is 16.3 Å². The molecular weight excluding hydrogens is 264 g/mol. The first-order valence-corrected chi connectivity index (χ1v) is 6.27. The van der Waals surface area contributed by atoms with E-state index in [1.807, 2.05) is 20.8 Å². The zero-order valence-electron chi connectivity index (χ0n) is 10.9. The molecule has 0 atom stereocenters. The fourth-order valence-electron chi connectivity index (χ4n) is 2.18. The SMILES string of the molecule is Cc1oc(C)c(-c2nc3cc(Cl)c(N)cc3o2)c1C. The summed E-state index contributed by atoms with van der Waals surface area (Å²) in [5.41, 5.74) is 9.47. The number of halogens is 1. The number of aromatic nitrogens is 1. The van der Waals surface area contributed by atoms with Gasteiger partial charge in [-0.2, -0.15) is 0 Å². The Morgan fingerprint density at radius 2 is 1.84 bits per heavy atom. The Hall–Kier alpha value is -1.94. The van der Waals surface area contributed by atoms with Gasteiger partial charge in [-0.25, -0.2) is 4.98 Å². The average molecular weight is 277 g/mol. The summed E-state index contributed by atoms with van der Waals surface area (Å²) in [6.45, 7) is 5.80. The number of benzene rings is 1. The molecule has 0 aliphatic carbocycles. The van der Waals surface area contributed by atoms with Gasteiger partial charge in [0.1, 0.15) is 17.0 Å². The van der Waals surface area contributed by atoms with Crippen LogP contribution in [0.25, 0.3) is 22.6 Å². The molecule has 98 valence electrons. The maximum atomic E-state index is 5.98. The van der Waals surface area contributed by atoms with E-state index in [4.69, 9.17) is 26.2 Å². The van der Waals surface area contributed by atoms with E-state index in [1.165, 1.54) is 0 Å². The number of aryl methyl sites for hydroxylation is 2. The second-order valence-electron chi connectivity index (χ2n) is 4.57. The van der Waals surface area contributed by atoms with Crippen LogP contribution in [-0.2, 0) is 0 Å². The van der Waals surface area contributed by atoms with Crippen LogP contribution >= 0.6 is 11.6 Å². The highest BCUT2D eigenvalue weighted by Crippen LogP contribution is 2.34. The summed E-state index contributed by atoms with van der Waals surface area (Å²) in [5, 5.41) is 0.476. The molecule has 0 saturated carbocycles. The quantitative estimate of drug-likeness (QED) is 0.675. The molecule has 3 aromatic rings. The third kappa shape index (κ3) is 1.79. The third-order valence-electron chi connectivity index (χ3n) is 3.28. The lowest BCUT2D eigenvalue weighted by molar-refractivity contribution is 0.502. The van der Waals surface area contributed by atoms with Crippen LogP contribution in [0, 0.1) is 20.8 Å². The Balaban J connectivity index is 2.26. The average Bonchev–Trinajstić information content (AvgIpc) is 2.82. The van der Waals surface area contributed by atoms with Crippen molar-refractivity contribution >= 4 is 28.4 Å². The molecule has 0 radical (unpaired) electrons. The molecule has 19 heavy (non-hydrogen) atoms. The highest BCUT2D eigenvalue weighted by Gasteiger charge is 2.19. The van der Waals surface area contributed by atoms with Crippen molar-refractivity contribution in [3.05, 3.63) is 34.2 Å². The van der Waals surface area contributed by atoms with Crippen molar-refractivity contribution in [3.63, 3.8) is 0 Å². The lowest BCUT2D eigenvalue weighted by Crippen LogP contribution is -1.84. The van der Waals surface area contributed by atoms with Crippen LogP contribution in [0.4, 0.5) is 5.69 Å². The van der Waals surface area contributed by atoms with Gasteiger partial charge in [-0.3, -0.25) is 0 Å². The number of hydrogen-bond acceptors (Lipinski definition) is 4. The normalized spacial score (nSPS) is 11.4. The highest BCUT2D eigenvalue weighted by molar-refractivity contribution is 6.33. The Labute approximate surface area is 115 Å². The Bertz CT molecular complexity index is 747. The molecule has 2 aromatic heterocycles. The molecule has 3 rings (SSSR count). The number of fused-ring (bicyclic) bond motifs is 1. The number of nitrogens with two attached hydrogens (primary N) is 1. The van der Waals surface area contributed by atoms with E-state index < -0.39 is 0 Å². The van der Waals surface area contributed by atoms with Gasteiger partial charge in [0.25, 0.3) is 0 Å². The van der Waals surface area contributed by atoms with Crippen molar-refractivity contribution in [2.45, 2.75) is 20.8 Å². The second-order valence-corrected chi connectivity index (χ2v) is 4.98. The summed E-state index contributed by atoms with van der Waals surface area (Å²) in [6, 6.07) is 3.39. The first-order chi connectivity index (χ1) is 8.97. The van der Waals surface area contributed by atoms with E-state index in [0.717, 1.165) is 22.6 Å². The highest BCUT2D eigenvalue weighted by atomic mass is 35.5. The van der Waals surface area contributed by atoms with Crippen LogP contribution in [0.15, 0.2) is 21.0 Å². The fourth-order valence-corrected chi connectivity index (χ4v) is 2.34. The van der Waals surface area contributed by atoms with Gasteiger partial charge < -0.3 is 14.6 Å². The van der Waals surface area contributed by atoms with Crippen molar-refractivity contribution in [2.24, 2.45) is 0 Å². The van der Waals surface area contributed by atoms with Gasteiger partial charge in [-0.05, 0) is 26.8 Å². The molecule has 0 amide bonds. The Morgan fingerprint density at radius 3 is 2.47 bits per heavy atom. The molecule has 0 fully saturated rings. The molecule has 0 bridgehead atoms. The second kappa shape index (κ2) is 4.03. The molecule has 2 N–H and O–H groups in total. The van der Waals surface area contributed by atoms with Crippen LogP contribution in [-0.4, -0.2) is 4.98 Å². The minimum absolute atomic E-state index is 0.476. The molecule has 5 heteroatoms. The monoisotopic (exact) mass is 276 g/mol. The van der Waals surface area contributed by atoms with Gasteiger partial charge in [0.2, 0.25) is 5.89 Å². The maximum absolute atomic E-state index is 5.98. The van der Waals surface area contributed by atoms with Gasteiger partial charge in [-0.15, -0.1) is 0 Å². The minimum atomic E-state index is 0.476. The summed E-state index contributed by atoms with van der Waals surface area (Å²) in [6.07, 6.45) is 0. The first-order valence-electron chi connectivity index (χ1n) is 5.90. The van der Waals surface area contributed by atoms with Crippen LogP contribution in [0.3, 0.4) is 0 Å². The van der Waals surface area contributed by atoms with E-state index >= 15 is 0 Å².